The SMILES string of the molecule is C.C.C=CC1=C(C=N)C=C(CNCC(CC)CN(Cc2ccc(OCCC)cc2)OC)C1.C=NCC.CC.CCC1(C)CC=C1C.CO.NCCCc1ccccc1.O.[HH].[HH].[HH]. The van der Waals surface area contributed by atoms with Crippen molar-refractivity contribution in [2.75, 3.05) is 53.6 Å². The molecule has 0 fully saturated rings. The summed E-state index contributed by atoms with van der Waals surface area (Å²) in [5.41, 5.74) is 13.6. The first-order chi connectivity index (χ1) is 27.2. The lowest BCUT2D eigenvalue weighted by Gasteiger charge is -2.36. The van der Waals surface area contributed by atoms with Crippen molar-refractivity contribution < 1.29 is 24.4 Å². The summed E-state index contributed by atoms with van der Waals surface area (Å²) < 4.78 is 5.66. The van der Waals surface area contributed by atoms with Crippen LogP contribution in [0.15, 0.2) is 107 Å². The van der Waals surface area contributed by atoms with Crippen LogP contribution < -0.4 is 15.8 Å². The monoisotopic (exact) mass is 832 g/mol. The predicted octanol–water partition coefficient (Wildman–Crippen LogP) is 11.8. The third kappa shape index (κ3) is 28.4. The molecule has 346 valence electrons. The molecule has 59 heavy (non-hydrogen) atoms. The van der Waals surface area contributed by atoms with E-state index >= 15 is 0 Å². The van der Waals surface area contributed by atoms with Crippen LogP contribution in [0.2, 0.25) is 0 Å². The van der Waals surface area contributed by atoms with Gasteiger partial charge in [-0.05, 0) is 118 Å². The van der Waals surface area contributed by atoms with Gasteiger partial charge in [0, 0.05) is 43.8 Å². The van der Waals surface area contributed by atoms with Gasteiger partial charge in [0.2, 0.25) is 0 Å². The lowest BCUT2D eigenvalue weighted by molar-refractivity contribution is -0.147. The van der Waals surface area contributed by atoms with Crippen LogP contribution in [0.4, 0.5) is 0 Å². The second kappa shape index (κ2) is 42.4. The molecule has 0 radical (unpaired) electrons. The first-order valence-corrected chi connectivity index (χ1v) is 20.7. The van der Waals surface area contributed by atoms with E-state index in [1.807, 2.05) is 50.1 Å². The average molecular weight is 832 g/mol. The molecule has 0 saturated carbocycles. The van der Waals surface area contributed by atoms with Crippen LogP contribution in [0.1, 0.15) is 124 Å². The van der Waals surface area contributed by atoms with Crippen molar-refractivity contribution in [3.05, 3.63) is 113 Å². The second-order valence-electron chi connectivity index (χ2n) is 13.6. The van der Waals surface area contributed by atoms with E-state index in [1.165, 1.54) is 35.8 Å². The Bertz CT molecular complexity index is 1390. The molecule has 2 aliphatic carbocycles. The van der Waals surface area contributed by atoms with E-state index in [4.69, 9.17) is 25.8 Å². The minimum Gasteiger partial charge on any atom is -0.494 e. The zero-order valence-electron chi connectivity index (χ0n) is 37.6. The molecular weight excluding hydrogens is 735 g/mol. The molecule has 2 aromatic carbocycles. The van der Waals surface area contributed by atoms with E-state index in [0.29, 0.717) is 11.3 Å². The number of nitrogens with two attached hydrogens (primary N) is 1. The number of aliphatic imine (C=N–C) groups is 1. The molecule has 0 bridgehead atoms. The molecule has 0 saturated heterocycles. The Morgan fingerprint density at radius 1 is 1.05 bits per heavy atom. The summed E-state index contributed by atoms with van der Waals surface area (Å²) in [7, 11) is 2.74. The standard InChI is InChI=1S/C25H37N3O2.C9H13N.C8H14.C3H7N.C2H6.CH4O.2CH4.H2O.3H2/c1-5-12-30-25-10-8-21(9-11-25)19-28(29-4)18-20(6-2)16-27-17-22-13-23(7-3)24(14-22)15-26;10-8-4-7-9-5-2-1-3-6-9;1-4-8(3)6-5-7(8)2;1-3-4-2;2*1-2;;;;;;/h7-11,14-15,20,26-27H,3,5-6,12-13,16-19H2,1-2,4H3;1-3,5-6H,4,7-8,10H2;5H,4,6H2,1-3H3;2-3H2,1H3;1-2H3;2H,1H3;2*1H4;1H2;3*1H. The number of ether oxygens (including phenoxy) is 1. The fourth-order valence-electron chi connectivity index (χ4n) is 5.56. The highest BCUT2D eigenvalue weighted by Crippen LogP contribution is 2.42. The molecule has 0 aromatic heterocycles. The van der Waals surface area contributed by atoms with Gasteiger partial charge in [0.05, 0.1) is 13.7 Å². The first kappa shape index (κ1) is 64.4. The van der Waals surface area contributed by atoms with Crippen molar-refractivity contribution in [2.45, 2.75) is 122 Å². The van der Waals surface area contributed by atoms with Gasteiger partial charge in [-0.1, -0.05) is 141 Å². The van der Waals surface area contributed by atoms with Crippen molar-refractivity contribution in [2.24, 2.45) is 22.1 Å². The molecule has 0 amide bonds. The predicted molar refractivity (Wildman–Crippen MR) is 269 cm³/mol. The Balaban J connectivity index is -0.000000125. The molecule has 2 aliphatic rings. The smallest absolute Gasteiger partial charge is 0.119 e. The van der Waals surface area contributed by atoms with E-state index in [0.717, 1.165) is 102 Å². The van der Waals surface area contributed by atoms with E-state index in [9.17, 15) is 0 Å². The quantitative estimate of drug-likeness (QED) is 0.0593. The summed E-state index contributed by atoms with van der Waals surface area (Å²) in [4.78, 5) is 9.13. The van der Waals surface area contributed by atoms with Crippen molar-refractivity contribution >= 4 is 12.9 Å². The number of nitrogens with one attached hydrogen (secondary N) is 2. The van der Waals surface area contributed by atoms with Gasteiger partial charge in [-0.3, -0.25) is 0 Å². The normalized spacial score (nSPS) is 14.7. The number of aryl methyl sites for hydroxylation is 1. The number of hydrogen-bond acceptors (Lipinski definition) is 8. The van der Waals surface area contributed by atoms with Crippen molar-refractivity contribution in [3.63, 3.8) is 0 Å². The minimum atomic E-state index is 0. The van der Waals surface area contributed by atoms with Crippen LogP contribution >= 0.6 is 0 Å². The molecule has 7 N–H and O–H groups in total. The summed E-state index contributed by atoms with van der Waals surface area (Å²) in [5, 5.41) is 20.1. The number of benzene rings is 2. The zero-order valence-corrected chi connectivity index (χ0v) is 37.6. The largest absolute Gasteiger partial charge is 0.494 e. The Labute approximate surface area is 368 Å². The van der Waals surface area contributed by atoms with Crippen LogP contribution in [0.25, 0.3) is 0 Å². The van der Waals surface area contributed by atoms with Crippen LogP contribution in [-0.2, 0) is 17.8 Å². The molecule has 9 nitrogen and oxygen atoms in total. The van der Waals surface area contributed by atoms with Gasteiger partial charge in [0.1, 0.15) is 5.75 Å². The molecule has 2 atom stereocenters. The lowest BCUT2D eigenvalue weighted by atomic mass is 9.69. The van der Waals surface area contributed by atoms with Gasteiger partial charge in [-0.25, -0.2) is 0 Å². The summed E-state index contributed by atoms with van der Waals surface area (Å²) in [5.74, 6) is 1.41. The van der Waals surface area contributed by atoms with Crippen molar-refractivity contribution in [1.82, 2.24) is 10.4 Å². The Morgan fingerprint density at radius 2 is 1.66 bits per heavy atom. The molecule has 2 unspecified atom stereocenters. The van der Waals surface area contributed by atoms with E-state index in [2.05, 4.69) is 107 Å². The zero-order chi connectivity index (χ0) is 42.6. The van der Waals surface area contributed by atoms with Crippen molar-refractivity contribution in [3.8, 4) is 5.75 Å². The van der Waals surface area contributed by atoms with Gasteiger partial charge in [0.25, 0.3) is 0 Å². The van der Waals surface area contributed by atoms with Crippen molar-refractivity contribution in [1.29, 1.82) is 5.41 Å². The highest BCUT2D eigenvalue weighted by Gasteiger charge is 2.29. The number of allylic oxidation sites excluding steroid dienone is 6. The molecule has 2 aromatic rings. The first-order valence-electron chi connectivity index (χ1n) is 20.7. The highest BCUT2D eigenvalue weighted by molar-refractivity contribution is 5.84. The molecule has 0 heterocycles. The lowest BCUT2D eigenvalue weighted by Crippen LogP contribution is -2.34. The molecule has 0 spiro atoms. The number of nitrogens with zero attached hydrogens (tertiary/aromatic N) is 2. The summed E-state index contributed by atoms with van der Waals surface area (Å²) in [6, 6.07) is 18.7. The van der Waals surface area contributed by atoms with E-state index in [1.54, 1.807) is 12.7 Å². The van der Waals surface area contributed by atoms with E-state index in [-0.39, 0.29) is 24.6 Å². The third-order valence-corrected chi connectivity index (χ3v) is 9.71. The van der Waals surface area contributed by atoms with Crippen LogP contribution in [-0.4, -0.2) is 82.1 Å². The Kier molecular flexibility index (Phi) is 46.3. The maximum Gasteiger partial charge on any atom is 0.119 e. The number of aliphatic hydroxyl groups is 1. The highest BCUT2D eigenvalue weighted by atomic mass is 16.7. The topological polar surface area (TPSA) is 148 Å². The van der Waals surface area contributed by atoms with Gasteiger partial charge in [0.15, 0.2) is 0 Å². The number of rotatable bonds is 20. The fraction of sp³-hybridized carbons (Fsp3) is 0.560. The maximum atomic E-state index is 7.51. The average Bonchev–Trinajstić information content (AvgIpc) is 3.68. The molecule has 0 aliphatic heterocycles. The Hall–Kier alpha value is -3.70. The van der Waals surface area contributed by atoms with E-state index < -0.39 is 0 Å². The van der Waals surface area contributed by atoms with Gasteiger partial charge < -0.3 is 41.6 Å². The van der Waals surface area contributed by atoms with Gasteiger partial charge >= 0.3 is 0 Å². The minimum absolute atomic E-state index is 0. The van der Waals surface area contributed by atoms with Gasteiger partial charge in [-0.2, -0.15) is 5.06 Å². The number of hydrogen-bond donors (Lipinski definition) is 4. The summed E-state index contributed by atoms with van der Waals surface area (Å²) >= 11 is 0. The van der Waals surface area contributed by atoms with Gasteiger partial charge in [-0.15, -0.1) is 0 Å². The third-order valence-electron chi connectivity index (χ3n) is 9.71. The second-order valence-corrected chi connectivity index (χ2v) is 13.6. The maximum absolute atomic E-state index is 7.51. The van der Waals surface area contributed by atoms with Crippen LogP contribution in [0.3, 0.4) is 0 Å². The summed E-state index contributed by atoms with van der Waals surface area (Å²) in [6.45, 7) is 30.0. The summed E-state index contributed by atoms with van der Waals surface area (Å²) in [6.07, 6.45) is 15.5. The van der Waals surface area contributed by atoms with Crippen LogP contribution in [0.5, 0.6) is 5.75 Å². The molecular formula is C50H97N5O4. The Morgan fingerprint density at radius 3 is 2.05 bits per heavy atom. The fourth-order valence-corrected chi connectivity index (χ4v) is 5.56. The molecule has 4 rings (SSSR count). The molecule has 9 heteroatoms. The number of hydroxylamine groups is 2. The number of aliphatic hydroxyl groups excluding tert-OH is 1. The van der Waals surface area contributed by atoms with Crippen LogP contribution in [0, 0.1) is 16.7 Å².